The highest BCUT2D eigenvalue weighted by Crippen LogP contribution is 2.30. The van der Waals surface area contributed by atoms with Crippen molar-refractivity contribution in [3.8, 4) is 29.4 Å². The van der Waals surface area contributed by atoms with Crippen molar-refractivity contribution in [1.82, 2.24) is 9.97 Å². The molecule has 6 heteroatoms. The van der Waals surface area contributed by atoms with Gasteiger partial charge in [0.05, 0.1) is 5.69 Å². The number of aromatic nitrogens is 2. The number of rotatable bonds is 3. The molecule has 0 saturated carbocycles. The molecule has 0 aliphatic carbocycles. The quantitative estimate of drug-likeness (QED) is 0.809. The molecule has 1 heterocycles. The van der Waals surface area contributed by atoms with Gasteiger partial charge in [-0.1, -0.05) is 18.1 Å². The lowest BCUT2D eigenvalue weighted by molar-refractivity contribution is -0.141. The summed E-state index contributed by atoms with van der Waals surface area (Å²) in [7, 11) is 0. The predicted octanol–water partition coefficient (Wildman–Crippen LogP) is 3.17. The zero-order valence-corrected chi connectivity index (χ0v) is 10.2. The van der Waals surface area contributed by atoms with Crippen LogP contribution in [0.1, 0.15) is 5.69 Å². The molecule has 2 aromatic rings. The first kappa shape index (κ1) is 13.9. The summed E-state index contributed by atoms with van der Waals surface area (Å²) in [6.45, 7) is 0.0844. The highest BCUT2D eigenvalue weighted by molar-refractivity contribution is 5.61. The van der Waals surface area contributed by atoms with Gasteiger partial charge in [-0.25, -0.2) is 9.97 Å². The molecule has 0 fully saturated rings. The topological polar surface area (TPSA) is 35.0 Å². The smallest absolute Gasteiger partial charge is 0.433 e. The first-order valence-corrected chi connectivity index (χ1v) is 5.56. The van der Waals surface area contributed by atoms with Gasteiger partial charge >= 0.3 is 6.18 Å². The fraction of sp³-hybridized carbons (Fsp3) is 0.143. The van der Waals surface area contributed by atoms with E-state index in [0.29, 0.717) is 11.3 Å². The van der Waals surface area contributed by atoms with E-state index in [1.165, 1.54) is 0 Å². The molecule has 0 amide bonds. The van der Waals surface area contributed by atoms with Crippen LogP contribution in [0.2, 0.25) is 0 Å². The molecular weight excluding hydrogens is 269 g/mol. The molecule has 3 nitrogen and oxygen atoms in total. The third-order valence-electron chi connectivity index (χ3n) is 2.41. The van der Waals surface area contributed by atoms with Gasteiger partial charge in [0.25, 0.3) is 0 Å². The van der Waals surface area contributed by atoms with Gasteiger partial charge in [-0.15, -0.1) is 6.42 Å². The first-order valence-electron chi connectivity index (χ1n) is 5.56. The third kappa shape index (κ3) is 3.26. The SMILES string of the molecule is C#CCOc1cccc(-c2cc(C(F)(F)F)ncn2)c1. The van der Waals surface area contributed by atoms with E-state index in [1.54, 1.807) is 24.3 Å². The van der Waals surface area contributed by atoms with Crippen molar-refractivity contribution in [3.05, 3.63) is 42.4 Å². The average Bonchev–Trinajstić information content (AvgIpc) is 2.45. The van der Waals surface area contributed by atoms with Gasteiger partial charge in [-0.05, 0) is 18.2 Å². The molecule has 102 valence electrons. The Hall–Kier alpha value is -2.55. The summed E-state index contributed by atoms with van der Waals surface area (Å²) in [5, 5.41) is 0. The fourth-order valence-corrected chi connectivity index (χ4v) is 1.54. The Morgan fingerprint density at radius 2 is 2.00 bits per heavy atom. The summed E-state index contributed by atoms with van der Waals surface area (Å²) < 4.78 is 43.0. The summed E-state index contributed by atoms with van der Waals surface area (Å²) in [5.74, 6) is 2.77. The van der Waals surface area contributed by atoms with E-state index in [-0.39, 0.29) is 12.3 Å². The number of benzene rings is 1. The number of terminal acetylenes is 1. The number of nitrogens with zero attached hydrogens (tertiary/aromatic N) is 2. The minimum Gasteiger partial charge on any atom is -0.481 e. The Morgan fingerprint density at radius 3 is 2.70 bits per heavy atom. The van der Waals surface area contributed by atoms with Gasteiger partial charge in [-0.3, -0.25) is 0 Å². The Labute approximate surface area is 113 Å². The Morgan fingerprint density at radius 1 is 1.20 bits per heavy atom. The van der Waals surface area contributed by atoms with Crippen LogP contribution >= 0.6 is 0 Å². The average molecular weight is 278 g/mol. The molecule has 0 unspecified atom stereocenters. The molecule has 0 spiro atoms. The monoisotopic (exact) mass is 278 g/mol. The molecular formula is C14H9F3N2O. The van der Waals surface area contributed by atoms with Crippen LogP contribution in [-0.4, -0.2) is 16.6 Å². The van der Waals surface area contributed by atoms with Crippen molar-refractivity contribution in [2.45, 2.75) is 6.18 Å². The Bertz CT molecular complexity index is 647. The van der Waals surface area contributed by atoms with Crippen molar-refractivity contribution in [3.63, 3.8) is 0 Å². The molecule has 0 radical (unpaired) electrons. The fourth-order valence-electron chi connectivity index (χ4n) is 1.54. The van der Waals surface area contributed by atoms with Gasteiger partial charge in [0.2, 0.25) is 0 Å². The Balaban J connectivity index is 2.34. The maximum atomic E-state index is 12.6. The summed E-state index contributed by atoms with van der Waals surface area (Å²) in [6, 6.07) is 7.40. The van der Waals surface area contributed by atoms with Gasteiger partial charge in [0.1, 0.15) is 24.4 Å². The minimum absolute atomic E-state index is 0.0844. The van der Waals surface area contributed by atoms with Crippen LogP contribution in [0.5, 0.6) is 5.75 Å². The van der Waals surface area contributed by atoms with Crippen LogP contribution in [-0.2, 0) is 6.18 Å². The maximum absolute atomic E-state index is 12.6. The molecule has 0 bridgehead atoms. The van der Waals surface area contributed by atoms with E-state index in [2.05, 4.69) is 15.9 Å². The largest absolute Gasteiger partial charge is 0.481 e. The second kappa shape index (κ2) is 5.61. The van der Waals surface area contributed by atoms with Crippen LogP contribution in [0, 0.1) is 12.3 Å². The molecule has 0 aliphatic heterocycles. The van der Waals surface area contributed by atoms with Gasteiger partial charge in [0, 0.05) is 5.56 Å². The Kier molecular flexibility index (Phi) is 3.89. The highest BCUT2D eigenvalue weighted by atomic mass is 19.4. The van der Waals surface area contributed by atoms with E-state index >= 15 is 0 Å². The van der Waals surface area contributed by atoms with Crippen molar-refractivity contribution < 1.29 is 17.9 Å². The normalized spacial score (nSPS) is 10.9. The molecule has 0 N–H and O–H groups in total. The number of halogens is 3. The van der Waals surface area contributed by atoms with E-state index in [1.807, 2.05) is 0 Å². The highest BCUT2D eigenvalue weighted by Gasteiger charge is 2.32. The molecule has 0 aliphatic rings. The molecule has 1 aromatic carbocycles. The predicted molar refractivity (Wildman–Crippen MR) is 66.8 cm³/mol. The summed E-state index contributed by atoms with van der Waals surface area (Å²) in [5.41, 5.74) is -0.330. The lowest BCUT2D eigenvalue weighted by atomic mass is 10.1. The number of hydrogen-bond donors (Lipinski definition) is 0. The zero-order valence-electron chi connectivity index (χ0n) is 10.2. The molecule has 0 atom stereocenters. The second-order valence-electron chi connectivity index (χ2n) is 3.81. The van der Waals surface area contributed by atoms with Crippen molar-refractivity contribution in [2.75, 3.05) is 6.61 Å². The van der Waals surface area contributed by atoms with E-state index in [0.717, 1.165) is 12.4 Å². The van der Waals surface area contributed by atoms with Crippen molar-refractivity contribution in [2.24, 2.45) is 0 Å². The molecule has 2 rings (SSSR count). The summed E-state index contributed by atoms with van der Waals surface area (Å²) in [4.78, 5) is 7.05. The second-order valence-corrected chi connectivity index (χ2v) is 3.81. The molecule has 1 aromatic heterocycles. The maximum Gasteiger partial charge on any atom is 0.433 e. The van der Waals surface area contributed by atoms with Crippen LogP contribution in [0.4, 0.5) is 13.2 Å². The molecule has 0 saturated heterocycles. The van der Waals surface area contributed by atoms with Gasteiger partial charge < -0.3 is 4.74 Å². The van der Waals surface area contributed by atoms with Crippen LogP contribution in [0.3, 0.4) is 0 Å². The van der Waals surface area contributed by atoms with Crippen LogP contribution < -0.4 is 4.74 Å². The van der Waals surface area contributed by atoms with Gasteiger partial charge in [0.15, 0.2) is 0 Å². The van der Waals surface area contributed by atoms with Crippen LogP contribution in [0.25, 0.3) is 11.3 Å². The zero-order chi connectivity index (χ0) is 14.6. The number of hydrogen-bond acceptors (Lipinski definition) is 3. The van der Waals surface area contributed by atoms with E-state index in [9.17, 15) is 13.2 Å². The van der Waals surface area contributed by atoms with Crippen molar-refractivity contribution >= 4 is 0 Å². The lowest BCUT2D eigenvalue weighted by Gasteiger charge is -2.08. The standard InChI is InChI=1S/C14H9F3N2O/c1-2-6-20-11-5-3-4-10(7-11)12-8-13(14(15,16)17)19-9-18-12/h1,3-5,7-9H,6H2. The first-order chi connectivity index (χ1) is 9.50. The van der Waals surface area contributed by atoms with Crippen molar-refractivity contribution in [1.29, 1.82) is 0 Å². The summed E-state index contributed by atoms with van der Waals surface area (Å²) in [6.07, 6.45) is 1.45. The summed E-state index contributed by atoms with van der Waals surface area (Å²) >= 11 is 0. The number of ether oxygens (including phenoxy) is 1. The minimum atomic E-state index is -4.50. The molecule has 20 heavy (non-hydrogen) atoms. The van der Waals surface area contributed by atoms with Gasteiger partial charge in [-0.2, -0.15) is 13.2 Å². The van der Waals surface area contributed by atoms with E-state index in [4.69, 9.17) is 11.2 Å². The van der Waals surface area contributed by atoms with Crippen LogP contribution in [0.15, 0.2) is 36.7 Å². The lowest BCUT2D eigenvalue weighted by Crippen LogP contribution is -2.08. The van der Waals surface area contributed by atoms with E-state index < -0.39 is 11.9 Å². The number of alkyl halides is 3. The third-order valence-corrected chi connectivity index (χ3v) is 2.41.